The van der Waals surface area contributed by atoms with Crippen LogP contribution in [0.3, 0.4) is 0 Å². The normalized spacial score (nSPS) is 16.5. The van der Waals surface area contributed by atoms with Crippen molar-refractivity contribution < 1.29 is 9.53 Å². The van der Waals surface area contributed by atoms with Gasteiger partial charge in [-0.05, 0) is 43.2 Å². The zero-order chi connectivity index (χ0) is 17.6. The number of aryl methyl sites for hydroxylation is 1. The van der Waals surface area contributed by atoms with Crippen molar-refractivity contribution in [3.8, 4) is 5.75 Å². The number of carbonyl (C=O) groups is 1. The first-order chi connectivity index (χ1) is 12.1. The van der Waals surface area contributed by atoms with Crippen LogP contribution in [0, 0.1) is 6.92 Å². The second-order valence-electron chi connectivity index (χ2n) is 6.48. The van der Waals surface area contributed by atoms with Gasteiger partial charge >= 0.3 is 0 Å². The van der Waals surface area contributed by atoms with Gasteiger partial charge < -0.3 is 9.64 Å². The highest BCUT2D eigenvalue weighted by molar-refractivity contribution is 5.81. The number of aromatic nitrogens is 1. The standard InChI is InChI=1S/C20H25N3O2/c1-16-5-3-4-6-19(16)25-17(2)20(24)23-13-11-22(12-14-23)15-18-7-9-21-10-8-18/h3-10,17H,11-15H2,1-2H3. The zero-order valence-corrected chi connectivity index (χ0v) is 14.9. The lowest BCUT2D eigenvalue weighted by atomic mass is 10.2. The third-order valence-corrected chi connectivity index (χ3v) is 4.58. The Bertz CT molecular complexity index is 697. The highest BCUT2D eigenvalue weighted by Crippen LogP contribution is 2.19. The lowest BCUT2D eigenvalue weighted by molar-refractivity contribution is -0.139. The van der Waals surface area contributed by atoms with Crippen LogP contribution in [0.5, 0.6) is 5.75 Å². The lowest BCUT2D eigenvalue weighted by Crippen LogP contribution is -2.51. The molecule has 1 aromatic heterocycles. The molecule has 1 aliphatic rings. The average Bonchev–Trinajstić information content (AvgIpc) is 2.64. The molecule has 5 nitrogen and oxygen atoms in total. The fourth-order valence-corrected chi connectivity index (χ4v) is 3.06. The summed E-state index contributed by atoms with van der Waals surface area (Å²) < 4.78 is 5.87. The third kappa shape index (κ3) is 4.57. The Morgan fingerprint density at radius 3 is 2.48 bits per heavy atom. The molecule has 5 heteroatoms. The molecule has 0 spiro atoms. The van der Waals surface area contributed by atoms with Crippen LogP contribution < -0.4 is 4.74 Å². The molecule has 0 bridgehead atoms. The second-order valence-corrected chi connectivity index (χ2v) is 6.48. The summed E-state index contributed by atoms with van der Waals surface area (Å²) in [5, 5.41) is 0. The van der Waals surface area contributed by atoms with Crippen molar-refractivity contribution in [3.63, 3.8) is 0 Å². The minimum atomic E-state index is -0.465. The van der Waals surface area contributed by atoms with Crippen molar-refractivity contribution in [1.29, 1.82) is 0 Å². The number of amides is 1. The van der Waals surface area contributed by atoms with E-state index in [2.05, 4.69) is 9.88 Å². The van der Waals surface area contributed by atoms with E-state index in [-0.39, 0.29) is 5.91 Å². The highest BCUT2D eigenvalue weighted by atomic mass is 16.5. The van der Waals surface area contributed by atoms with E-state index in [1.54, 1.807) is 0 Å². The van der Waals surface area contributed by atoms with Crippen molar-refractivity contribution in [2.75, 3.05) is 26.2 Å². The van der Waals surface area contributed by atoms with Crippen LogP contribution in [-0.2, 0) is 11.3 Å². The number of carbonyl (C=O) groups excluding carboxylic acids is 1. The molecular weight excluding hydrogens is 314 g/mol. The molecule has 0 aliphatic carbocycles. The predicted molar refractivity (Wildman–Crippen MR) is 97.4 cm³/mol. The van der Waals surface area contributed by atoms with Gasteiger partial charge in [-0.3, -0.25) is 14.7 Å². The van der Waals surface area contributed by atoms with Gasteiger partial charge in [-0.1, -0.05) is 18.2 Å². The summed E-state index contributed by atoms with van der Waals surface area (Å²) in [4.78, 5) is 21.0. The number of nitrogens with zero attached hydrogens (tertiary/aromatic N) is 3. The van der Waals surface area contributed by atoms with E-state index in [9.17, 15) is 4.79 Å². The Balaban J connectivity index is 1.50. The van der Waals surface area contributed by atoms with Gasteiger partial charge in [0, 0.05) is 45.1 Å². The first-order valence-electron chi connectivity index (χ1n) is 8.76. The Labute approximate surface area is 149 Å². The van der Waals surface area contributed by atoms with Crippen molar-refractivity contribution in [3.05, 3.63) is 59.9 Å². The minimum absolute atomic E-state index is 0.0619. The summed E-state index contributed by atoms with van der Waals surface area (Å²) in [5.41, 5.74) is 2.30. The fraction of sp³-hybridized carbons (Fsp3) is 0.400. The SMILES string of the molecule is Cc1ccccc1OC(C)C(=O)N1CCN(Cc2ccncc2)CC1. The van der Waals surface area contributed by atoms with Crippen molar-refractivity contribution >= 4 is 5.91 Å². The number of para-hydroxylation sites is 1. The molecule has 1 unspecified atom stereocenters. The molecule has 1 aromatic carbocycles. The number of pyridine rings is 1. The number of piperazine rings is 1. The predicted octanol–water partition coefficient (Wildman–Crippen LogP) is 2.50. The Morgan fingerprint density at radius 2 is 1.80 bits per heavy atom. The number of ether oxygens (including phenoxy) is 1. The van der Waals surface area contributed by atoms with E-state index in [1.807, 2.05) is 67.5 Å². The van der Waals surface area contributed by atoms with Gasteiger partial charge in [-0.2, -0.15) is 0 Å². The maximum absolute atomic E-state index is 12.7. The van der Waals surface area contributed by atoms with Gasteiger partial charge in [0.15, 0.2) is 6.10 Å². The molecule has 1 saturated heterocycles. The molecule has 0 N–H and O–H groups in total. The van der Waals surface area contributed by atoms with E-state index in [0.29, 0.717) is 0 Å². The monoisotopic (exact) mass is 339 g/mol. The molecule has 0 radical (unpaired) electrons. The summed E-state index contributed by atoms with van der Waals surface area (Å²) in [7, 11) is 0. The number of rotatable bonds is 5. The van der Waals surface area contributed by atoms with E-state index >= 15 is 0 Å². The quantitative estimate of drug-likeness (QED) is 0.840. The lowest BCUT2D eigenvalue weighted by Gasteiger charge is -2.36. The number of hydrogen-bond donors (Lipinski definition) is 0. The van der Waals surface area contributed by atoms with E-state index in [1.165, 1.54) is 5.56 Å². The maximum atomic E-state index is 12.7. The summed E-state index contributed by atoms with van der Waals surface area (Å²) >= 11 is 0. The first kappa shape index (κ1) is 17.4. The van der Waals surface area contributed by atoms with Gasteiger partial charge in [-0.15, -0.1) is 0 Å². The number of hydrogen-bond acceptors (Lipinski definition) is 4. The van der Waals surface area contributed by atoms with Crippen LogP contribution in [0.15, 0.2) is 48.8 Å². The van der Waals surface area contributed by atoms with Crippen molar-refractivity contribution in [2.45, 2.75) is 26.5 Å². The summed E-state index contributed by atoms with van der Waals surface area (Å²) in [6.07, 6.45) is 3.17. The average molecular weight is 339 g/mol. The van der Waals surface area contributed by atoms with E-state index in [0.717, 1.165) is 44.0 Å². The van der Waals surface area contributed by atoms with Gasteiger partial charge in [0.05, 0.1) is 0 Å². The molecule has 132 valence electrons. The molecule has 1 amide bonds. The van der Waals surface area contributed by atoms with E-state index in [4.69, 9.17) is 4.74 Å². The molecule has 2 heterocycles. The van der Waals surface area contributed by atoms with Crippen molar-refractivity contribution in [2.24, 2.45) is 0 Å². The largest absolute Gasteiger partial charge is 0.481 e. The molecule has 2 aromatic rings. The molecule has 1 fully saturated rings. The highest BCUT2D eigenvalue weighted by Gasteiger charge is 2.26. The van der Waals surface area contributed by atoms with Crippen LogP contribution in [-0.4, -0.2) is 53.0 Å². The maximum Gasteiger partial charge on any atom is 0.263 e. The zero-order valence-electron chi connectivity index (χ0n) is 14.9. The molecule has 25 heavy (non-hydrogen) atoms. The van der Waals surface area contributed by atoms with Gasteiger partial charge in [0.1, 0.15) is 5.75 Å². The van der Waals surface area contributed by atoms with Gasteiger partial charge in [-0.25, -0.2) is 0 Å². The summed E-state index contributed by atoms with van der Waals surface area (Å²) in [5.74, 6) is 0.839. The fourth-order valence-electron chi connectivity index (χ4n) is 3.06. The summed E-state index contributed by atoms with van der Waals surface area (Å²) in [6.45, 7) is 7.97. The molecule has 1 aliphatic heterocycles. The first-order valence-corrected chi connectivity index (χ1v) is 8.76. The molecule has 0 saturated carbocycles. The van der Waals surface area contributed by atoms with Crippen LogP contribution >= 0.6 is 0 Å². The molecular formula is C20H25N3O2. The van der Waals surface area contributed by atoms with Crippen molar-refractivity contribution in [1.82, 2.24) is 14.8 Å². The third-order valence-electron chi connectivity index (χ3n) is 4.58. The van der Waals surface area contributed by atoms with E-state index < -0.39 is 6.10 Å². The number of benzene rings is 1. The Hall–Kier alpha value is -2.40. The molecule has 3 rings (SSSR count). The summed E-state index contributed by atoms with van der Waals surface area (Å²) in [6, 6.07) is 11.9. The van der Waals surface area contributed by atoms with Gasteiger partial charge in [0.2, 0.25) is 0 Å². The topological polar surface area (TPSA) is 45.7 Å². The van der Waals surface area contributed by atoms with Crippen LogP contribution in [0.25, 0.3) is 0 Å². The minimum Gasteiger partial charge on any atom is -0.481 e. The van der Waals surface area contributed by atoms with Gasteiger partial charge in [0.25, 0.3) is 5.91 Å². The van der Waals surface area contributed by atoms with Crippen LogP contribution in [0.2, 0.25) is 0 Å². The smallest absolute Gasteiger partial charge is 0.263 e. The Kier molecular flexibility index (Phi) is 5.66. The van der Waals surface area contributed by atoms with Crippen LogP contribution in [0.4, 0.5) is 0 Å². The van der Waals surface area contributed by atoms with Crippen LogP contribution in [0.1, 0.15) is 18.1 Å². The second kappa shape index (κ2) is 8.12. The molecule has 1 atom stereocenters. The Morgan fingerprint density at radius 1 is 1.12 bits per heavy atom.